The molecule has 3 N–H and O–H groups in total. The van der Waals surface area contributed by atoms with Crippen LogP contribution in [0.2, 0.25) is 0 Å². The van der Waals surface area contributed by atoms with E-state index in [4.69, 9.17) is 0 Å². The highest BCUT2D eigenvalue weighted by atomic mass is 16.3. The van der Waals surface area contributed by atoms with E-state index in [9.17, 15) is 9.90 Å². The van der Waals surface area contributed by atoms with Crippen LogP contribution in [0.1, 0.15) is 50.7 Å². The zero-order valence-electron chi connectivity index (χ0n) is 13.2. The van der Waals surface area contributed by atoms with Gasteiger partial charge in [-0.15, -0.1) is 0 Å². The Morgan fingerprint density at radius 3 is 2.27 bits per heavy atom. The van der Waals surface area contributed by atoms with Gasteiger partial charge in [-0.05, 0) is 56.4 Å². The molecule has 1 aromatic carbocycles. The third kappa shape index (κ3) is 4.23. The second kappa shape index (κ2) is 6.69. The zero-order chi connectivity index (χ0) is 15.5. The van der Waals surface area contributed by atoms with Crippen LogP contribution in [-0.2, 0) is 0 Å². The number of hydrogen-bond donors (Lipinski definition) is 3. The average Bonchev–Trinajstić information content (AvgIpc) is 3.39. The van der Waals surface area contributed by atoms with Gasteiger partial charge in [-0.1, -0.05) is 30.3 Å². The lowest BCUT2D eigenvalue weighted by Gasteiger charge is -2.22. The maximum Gasteiger partial charge on any atom is 0.315 e. The molecule has 0 bridgehead atoms. The summed E-state index contributed by atoms with van der Waals surface area (Å²) >= 11 is 0. The van der Waals surface area contributed by atoms with Gasteiger partial charge in [0.1, 0.15) is 0 Å². The monoisotopic (exact) mass is 302 g/mol. The summed E-state index contributed by atoms with van der Waals surface area (Å²) < 4.78 is 0. The summed E-state index contributed by atoms with van der Waals surface area (Å²) in [5, 5.41) is 16.3. The molecule has 2 fully saturated rings. The third-order valence-corrected chi connectivity index (χ3v) is 4.70. The lowest BCUT2D eigenvalue weighted by atomic mass is 10.0. The molecular formula is C18H26N2O2. The zero-order valence-corrected chi connectivity index (χ0v) is 13.2. The van der Waals surface area contributed by atoms with E-state index in [0.717, 1.165) is 5.56 Å². The van der Waals surface area contributed by atoms with Crippen LogP contribution in [0.5, 0.6) is 0 Å². The SMILES string of the molecule is CC(CC(O)c1ccccc1)NC(=O)NC(C1CC1)C1CC1. The number of amides is 2. The summed E-state index contributed by atoms with van der Waals surface area (Å²) in [4.78, 5) is 12.1. The quantitative estimate of drug-likeness (QED) is 0.725. The van der Waals surface area contributed by atoms with Crippen molar-refractivity contribution in [3.63, 3.8) is 0 Å². The number of rotatable bonds is 7. The van der Waals surface area contributed by atoms with E-state index in [2.05, 4.69) is 10.6 Å². The number of carbonyl (C=O) groups excluding carboxylic acids is 1. The second-order valence-corrected chi connectivity index (χ2v) is 6.88. The Hall–Kier alpha value is -1.55. The van der Waals surface area contributed by atoms with Gasteiger partial charge in [-0.3, -0.25) is 0 Å². The van der Waals surface area contributed by atoms with Crippen molar-refractivity contribution in [3.8, 4) is 0 Å². The van der Waals surface area contributed by atoms with Gasteiger partial charge in [0.2, 0.25) is 0 Å². The van der Waals surface area contributed by atoms with Crippen molar-refractivity contribution in [2.24, 2.45) is 11.8 Å². The lowest BCUT2D eigenvalue weighted by molar-refractivity contribution is 0.154. The van der Waals surface area contributed by atoms with Crippen molar-refractivity contribution in [1.82, 2.24) is 10.6 Å². The molecule has 2 saturated carbocycles. The van der Waals surface area contributed by atoms with Gasteiger partial charge in [0.05, 0.1) is 6.10 Å². The first-order valence-corrected chi connectivity index (χ1v) is 8.43. The van der Waals surface area contributed by atoms with Gasteiger partial charge >= 0.3 is 6.03 Å². The maximum atomic E-state index is 12.1. The van der Waals surface area contributed by atoms with Crippen LogP contribution in [0, 0.1) is 11.8 Å². The van der Waals surface area contributed by atoms with Crippen LogP contribution in [-0.4, -0.2) is 23.2 Å². The number of aliphatic hydroxyl groups excluding tert-OH is 1. The minimum Gasteiger partial charge on any atom is -0.388 e. The second-order valence-electron chi connectivity index (χ2n) is 6.88. The standard InChI is InChI=1S/C18H26N2O2/c1-12(11-16(21)13-5-3-2-4-6-13)19-18(22)20-17(14-7-8-14)15-9-10-15/h2-6,12,14-17,21H,7-11H2,1H3,(H2,19,20,22). The number of nitrogens with one attached hydrogen (secondary N) is 2. The van der Waals surface area contributed by atoms with Gasteiger partial charge in [-0.2, -0.15) is 0 Å². The van der Waals surface area contributed by atoms with Gasteiger partial charge in [0, 0.05) is 12.1 Å². The predicted octanol–water partition coefficient (Wildman–Crippen LogP) is 2.99. The molecule has 3 rings (SSSR count). The largest absolute Gasteiger partial charge is 0.388 e. The molecule has 2 aliphatic carbocycles. The molecule has 4 heteroatoms. The molecule has 22 heavy (non-hydrogen) atoms. The molecule has 2 amide bonds. The maximum absolute atomic E-state index is 12.1. The molecule has 1 aromatic rings. The summed E-state index contributed by atoms with van der Waals surface area (Å²) in [6.07, 6.45) is 5.00. The smallest absolute Gasteiger partial charge is 0.315 e. The Kier molecular flexibility index (Phi) is 4.67. The fourth-order valence-corrected chi connectivity index (χ4v) is 3.15. The Balaban J connectivity index is 1.44. The van der Waals surface area contributed by atoms with Gasteiger partial charge in [0.25, 0.3) is 0 Å². The van der Waals surface area contributed by atoms with Gasteiger partial charge < -0.3 is 15.7 Å². The molecule has 0 heterocycles. The summed E-state index contributed by atoms with van der Waals surface area (Å²) in [7, 11) is 0. The molecular weight excluding hydrogens is 276 g/mol. The van der Waals surface area contributed by atoms with Crippen LogP contribution < -0.4 is 10.6 Å². The molecule has 0 spiro atoms. The van der Waals surface area contributed by atoms with Gasteiger partial charge in [0.15, 0.2) is 0 Å². The van der Waals surface area contributed by atoms with Crippen LogP contribution in [0.15, 0.2) is 30.3 Å². The summed E-state index contributed by atoms with van der Waals surface area (Å²) in [6.45, 7) is 1.94. The molecule has 2 aliphatic rings. The fraction of sp³-hybridized carbons (Fsp3) is 0.611. The first kappa shape index (κ1) is 15.3. The van der Waals surface area contributed by atoms with Crippen LogP contribution in [0.3, 0.4) is 0 Å². The van der Waals surface area contributed by atoms with E-state index in [1.54, 1.807) is 0 Å². The van der Waals surface area contributed by atoms with E-state index in [1.807, 2.05) is 37.3 Å². The number of urea groups is 1. The fourth-order valence-electron chi connectivity index (χ4n) is 3.15. The van der Waals surface area contributed by atoms with Crippen molar-refractivity contribution in [2.45, 2.75) is 57.2 Å². The highest BCUT2D eigenvalue weighted by Gasteiger charge is 2.42. The molecule has 0 saturated heterocycles. The minimum absolute atomic E-state index is 0.0609. The predicted molar refractivity (Wildman–Crippen MR) is 86.4 cm³/mol. The van der Waals surface area contributed by atoms with E-state index < -0.39 is 6.10 Å². The van der Waals surface area contributed by atoms with Crippen molar-refractivity contribution in [2.75, 3.05) is 0 Å². The van der Waals surface area contributed by atoms with Crippen LogP contribution >= 0.6 is 0 Å². The Bertz CT molecular complexity index is 485. The van der Waals surface area contributed by atoms with E-state index in [0.29, 0.717) is 24.3 Å². The number of carbonyl (C=O) groups is 1. The van der Waals surface area contributed by atoms with Crippen molar-refractivity contribution < 1.29 is 9.90 Å². The lowest BCUT2D eigenvalue weighted by Crippen LogP contribution is -2.47. The number of benzene rings is 1. The van der Waals surface area contributed by atoms with E-state index in [1.165, 1.54) is 25.7 Å². The molecule has 0 aliphatic heterocycles. The molecule has 2 unspecified atom stereocenters. The number of aliphatic hydroxyl groups is 1. The Morgan fingerprint density at radius 2 is 1.73 bits per heavy atom. The Morgan fingerprint density at radius 1 is 1.14 bits per heavy atom. The van der Waals surface area contributed by atoms with E-state index >= 15 is 0 Å². The molecule has 0 aromatic heterocycles. The third-order valence-electron chi connectivity index (χ3n) is 4.70. The normalized spacial score (nSPS) is 20.5. The van der Waals surface area contributed by atoms with Crippen LogP contribution in [0.4, 0.5) is 4.79 Å². The number of hydrogen-bond acceptors (Lipinski definition) is 2. The topological polar surface area (TPSA) is 61.4 Å². The molecule has 120 valence electrons. The van der Waals surface area contributed by atoms with Crippen molar-refractivity contribution in [3.05, 3.63) is 35.9 Å². The Labute approximate surface area is 132 Å². The summed E-state index contributed by atoms with van der Waals surface area (Å²) in [5.41, 5.74) is 0.894. The van der Waals surface area contributed by atoms with Gasteiger partial charge in [-0.25, -0.2) is 4.79 Å². The molecule has 4 nitrogen and oxygen atoms in total. The first-order valence-electron chi connectivity index (χ1n) is 8.43. The summed E-state index contributed by atoms with van der Waals surface area (Å²) in [6, 6.07) is 9.80. The van der Waals surface area contributed by atoms with Crippen molar-refractivity contribution in [1.29, 1.82) is 0 Å². The summed E-state index contributed by atoms with van der Waals surface area (Å²) in [5.74, 6) is 1.40. The van der Waals surface area contributed by atoms with Crippen molar-refractivity contribution >= 4 is 6.03 Å². The minimum atomic E-state index is -0.542. The highest BCUT2D eigenvalue weighted by Crippen LogP contribution is 2.44. The highest BCUT2D eigenvalue weighted by molar-refractivity contribution is 5.74. The average molecular weight is 302 g/mol. The molecule has 2 atom stereocenters. The molecule has 0 radical (unpaired) electrons. The van der Waals surface area contributed by atoms with E-state index in [-0.39, 0.29) is 12.1 Å². The first-order chi connectivity index (χ1) is 10.6. The van der Waals surface area contributed by atoms with Crippen LogP contribution in [0.25, 0.3) is 0 Å².